The molecule has 12 aromatic rings. The number of aliphatic carboxylic acids is 1. The molecule has 38 heteroatoms. The largest absolute Gasteiger partial charge is 0.478 e. The third kappa shape index (κ3) is 25.1. The van der Waals surface area contributed by atoms with Crippen LogP contribution in [0.15, 0.2) is 172 Å². The van der Waals surface area contributed by atoms with Crippen LogP contribution in [0.1, 0.15) is 55.5 Å². The second kappa shape index (κ2) is 43.4. The fourth-order valence-corrected chi connectivity index (χ4v) is 14.6. The highest BCUT2D eigenvalue weighted by molar-refractivity contribution is 6.32. The van der Waals surface area contributed by atoms with Crippen LogP contribution in [0, 0.1) is 90.9 Å². The normalized spacial score (nSPS) is 18.2. The predicted octanol–water partition coefficient (Wildman–Crippen LogP) is 16.6. The average molecular weight is 1870 g/mol. The first kappa shape index (κ1) is 97.4. The number of ether oxygens (including phenoxy) is 4. The molecule has 4 unspecified atom stereocenters. The van der Waals surface area contributed by atoms with Crippen molar-refractivity contribution in [2.75, 3.05) is 127 Å². The molecular weight excluding hydrogens is 1790 g/mol. The van der Waals surface area contributed by atoms with Gasteiger partial charge in [-0.2, -0.15) is 0 Å². The van der Waals surface area contributed by atoms with E-state index in [9.17, 15) is 47.4 Å². The van der Waals surface area contributed by atoms with Gasteiger partial charge in [0.25, 0.3) is 11.4 Å². The van der Waals surface area contributed by atoms with Gasteiger partial charge in [-0.25, -0.2) is 62.2 Å². The quantitative estimate of drug-likeness (QED) is 0.0133. The summed E-state index contributed by atoms with van der Waals surface area (Å²) in [6.07, 6.45) is 7.59. The number of anilines is 9. The Kier molecular flexibility index (Phi) is 32.0. The molecule has 678 valence electrons. The van der Waals surface area contributed by atoms with E-state index in [-0.39, 0.29) is 89.2 Å². The van der Waals surface area contributed by atoms with Crippen molar-refractivity contribution in [3.05, 3.63) is 263 Å². The summed E-state index contributed by atoms with van der Waals surface area (Å²) in [5, 5.41) is 47.8. The fourth-order valence-electron chi connectivity index (χ4n) is 13.9. The number of morpholine rings is 4. The number of nitrogens with zero attached hydrogens (tertiary/aromatic N) is 13. The minimum absolute atomic E-state index is 0.00209. The van der Waals surface area contributed by atoms with E-state index in [4.69, 9.17) is 76.2 Å². The smallest absolute Gasteiger partial charge is 0.327 e. The van der Waals surface area contributed by atoms with Gasteiger partial charge in [-0.15, -0.1) is 0 Å². The number of nitro groups is 2. The van der Waals surface area contributed by atoms with Gasteiger partial charge < -0.3 is 71.1 Å². The number of nitrogens with one attached hydrogen (secondary N) is 5. The number of carboxylic acids is 1. The molecule has 8 aromatic carbocycles. The lowest BCUT2D eigenvalue weighted by Gasteiger charge is -2.35. The Bertz CT molecular complexity index is 6760. The van der Waals surface area contributed by atoms with Crippen molar-refractivity contribution in [3.63, 3.8) is 0 Å². The number of aromatic nitrogens is 8. The number of hydrogen-bond donors (Lipinski definition) is 7. The zero-order chi connectivity index (χ0) is 94.8. The summed E-state index contributed by atoms with van der Waals surface area (Å²) in [5.74, 6) is 22.2. The molecule has 4 aromatic heterocycles. The van der Waals surface area contributed by atoms with Crippen LogP contribution in [0.3, 0.4) is 0 Å². The molecule has 132 heavy (non-hydrogen) atoms. The van der Waals surface area contributed by atoms with Crippen LogP contribution in [-0.2, 0) is 35.0 Å². The molecule has 4 fully saturated rings. The third-order valence-electron chi connectivity index (χ3n) is 20.6. The van der Waals surface area contributed by atoms with Crippen molar-refractivity contribution in [1.29, 1.82) is 0 Å². The van der Waals surface area contributed by atoms with Crippen molar-refractivity contribution < 1.29 is 61.1 Å². The average Bonchev–Trinajstić information content (AvgIpc) is 0.788. The van der Waals surface area contributed by atoms with E-state index in [0.29, 0.717) is 124 Å². The molecule has 8 N–H and O–H groups in total. The Morgan fingerprint density at radius 3 is 1.12 bits per heavy atom. The van der Waals surface area contributed by atoms with E-state index in [1.807, 2.05) is 61.0 Å². The number of allylic oxidation sites excluding steroid dienone is 1. The number of likely N-dealkylation sites (N-methyl/N-ethyl adjacent to an activating group) is 3. The maximum Gasteiger partial charge on any atom is 0.327 e. The lowest BCUT2D eigenvalue weighted by atomic mass is 9.98. The van der Waals surface area contributed by atoms with E-state index in [0.717, 1.165) is 38.8 Å². The minimum atomic E-state index is -0.981. The lowest BCUT2D eigenvalue weighted by molar-refractivity contribution is -0.385. The van der Waals surface area contributed by atoms with Gasteiger partial charge in [-0.05, 0) is 145 Å². The molecule has 0 amide bonds. The maximum atomic E-state index is 14.5. The predicted molar refractivity (Wildman–Crippen MR) is 502 cm³/mol. The summed E-state index contributed by atoms with van der Waals surface area (Å²) < 4.78 is 80.6. The molecule has 0 spiro atoms. The first-order chi connectivity index (χ1) is 63.0. The molecule has 4 atom stereocenters. The van der Waals surface area contributed by atoms with Crippen molar-refractivity contribution in [2.45, 2.75) is 56.5 Å². The fraction of sp³-hybridized carbons (Fsp3) is 0.255. The monoisotopic (exact) mass is 1870 g/mol. The van der Waals surface area contributed by atoms with Crippen LogP contribution in [-0.4, -0.2) is 204 Å². The Hall–Kier alpha value is -13.7. The van der Waals surface area contributed by atoms with E-state index in [1.54, 1.807) is 48.5 Å². The molecule has 4 saturated heterocycles. The number of ketones is 1. The molecule has 4 aliphatic heterocycles. The maximum absolute atomic E-state index is 14.5. The summed E-state index contributed by atoms with van der Waals surface area (Å²) in [7, 11) is 6.04. The number of fused-ring (bicyclic) bond motifs is 4. The van der Waals surface area contributed by atoms with Gasteiger partial charge in [-0.1, -0.05) is 131 Å². The Morgan fingerprint density at radius 2 is 0.795 bits per heavy atom. The zero-order valence-electron chi connectivity index (χ0n) is 72.1. The van der Waals surface area contributed by atoms with Gasteiger partial charge in [0.15, 0.2) is 29.1 Å². The number of rotatable bonds is 14. The number of carbonyl (C=O) groups is 2. The number of benzene rings is 8. The number of nitrogen functional groups attached to an aromatic ring is 1. The van der Waals surface area contributed by atoms with Crippen LogP contribution < -0.4 is 32.3 Å². The molecule has 0 radical (unpaired) electrons. The highest BCUT2D eigenvalue weighted by atomic mass is 35.5. The molecular formula is C94H85Cl4F4N19O11. The molecule has 16 rings (SSSR count). The van der Waals surface area contributed by atoms with Gasteiger partial charge in [0.05, 0.1) is 101 Å². The number of halogens is 8. The molecule has 0 aliphatic carbocycles. The number of nitrogens with two attached hydrogens (primary N) is 1. The summed E-state index contributed by atoms with van der Waals surface area (Å²) in [6, 6.07) is 31.2. The van der Waals surface area contributed by atoms with E-state index in [1.165, 1.54) is 92.0 Å². The van der Waals surface area contributed by atoms with Gasteiger partial charge in [-0.3, -0.25) is 25.0 Å². The topological polar surface area (TPSA) is 377 Å². The molecule has 4 aliphatic rings. The second-order valence-electron chi connectivity index (χ2n) is 31.2. The standard InChI is InChI=1S/C26H24ClFN4O2.C22H19ClFN5O3.C22H21ClFN5O.C21H17ClFN5O3.C3H4O2/c1-4-19(33)12-18-13-20-23(14-17(18)8-9-26(2)15-32(3)10-11-34-26)29-16-30-25(20)31-22-7-5-6-21(27)24(22)28;1-22(12-28(2)8-9-32-22)7-6-14-10-18-15(11-19(14)29(30)31)21(26-13-25-18)27-17-5-3-4-16(23)20(17)24;1-22(12-29(2)8-9-30-22)7-6-14-10-19-15(11-17(14)25)21(27-13-26-19)28-18-5-3-4-16(23)20(18)24;1-21(11-24-7-8-31-21)6-5-13-9-17-14(10-18(13)28(29)30)20(26-12-25-17)27-16-4-2-3-15(22)19(16)23;1-2-3(4)5/h4-7,13-14,16H,1,10-12,15H2,2-3H3,(H,29,30,31);3-5,10-11,13H,8-9,12H2,1-2H3,(H,25,26,27);3-5,10-11,13H,8-9,12,25H2,1-2H3,(H,26,27,28);2-4,9-10,12,24H,7-8,11H2,1H3,(H,25,26,27);2H,1H2,(H,4,5). The summed E-state index contributed by atoms with van der Waals surface area (Å²) in [5.41, 5.74) is 8.75. The van der Waals surface area contributed by atoms with E-state index < -0.39 is 61.5 Å². The molecule has 0 saturated carbocycles. The number of carboxylic acid groups (broad SMARTS) is 1. The second-order valence-corrected chi connectivity index (χ2v) is 32.8. The SMILES string of the molecule is C=CC(=O)Cc1cc2c(Nc3cccc(Cl)c3F)ncnc2cc1C#CC1(C)CN(C)CCO1.C=CC(=O)O.CC1(C#Cc2cc3ncnc(Nc4cccc(Cl)c4F)c3cc2[N+](=O)[O-])CNCCO1.CN1CCOC(C)(C#Cc2cc3ncnc(Nc4cccc(Cl)c4F)c3cc2N)C1.CN1CCOC(C)(C#Cc2cc3ncnc(Nc4cccc(Cl)c4F)c3cc2[N+](=O)[O-])C1. The van der Waals surface area contributed by atoms with Crippen LogP contribution >= 0.6 is 46.4 Å². The van der Waals surface area contributed by atoms with E-state index in [2.05, 4.69) is 142 Å². The summed E-state index contributed by atoms with van der Waals surface area (Å²) in [4.78, 5) is 84.2. The highest BCUT2D eigenvalue weighted by Gasteiger charge is 2.33. The third-order valence-corrected chi connectivity index (χ3v) is 21.7. The van der Waals surface area contributed by atoms with Crippen LogP contribution in [0.2, 0.25) is 20.1 Å². The number of carbonyl (C=O) groups excluding carboxylic acids is 1. The first-order valence-corrected chi connectivity index (χ1v) is 42.0. The Labute approximate surface area is 775 Å². The minimum Gasteiger partial charge on any atom is -0.478 e. The van der Waals surface area contributed by atoms with Crippen LogP contribution in [0.5, 0.6) is 0 Å². The Morgan fingerprint density at radius 1 is 0.485 bits per heavy atom. The van der Waals surface area contributed by atoms with Gasteiger partial charge >= 0.3 is 5.97 Å². The molecule has 30 nitrogen and oxygen atoms in total. The highest BCUT2D eigenvalue weighted by Crippen LogP contribution is 2.38. The molecule has 0 bridgehead atoms. The van der Waals surface area contributed by atoms with Crippen LogP contribution in [0.4, 0.5) is 80.6 Å². The van der Waals surface area contributed by atoms with Crippen molar-refractivity contribution in [2.24, 2.45) is 0 Å². The van der Waals surface area contributed by atoms with Crippen molar-refractivity contribution in [3.8, 4) is 47.4 Å². The van der Waals surface area contributed by atoms with Gasteiger partial charge in [0.1, 0.15) is 82.1 Å². The lowest BCUT2D eigenvalue weighted by Crippen LogP contribution is -2.47. The van der Waals surface area contributed by atoms with Crippen molar-refractivity contribution in [1.82, 2.24) is 59.9 Å². The van der Waals surface area contributed by atoms with Crippen molar-refractivity contribution >= 4 is 165 Å². The first-order valence-electron chi connectivity index (χ1n) is 40.5. The van der Waals surface area contributed by atoms with E-state index >= 15 is 0 Å². The van der Waals surface area contributed by atoms with Crippen LogP contribution in [0.25, 0.3) is 43.6 Å². The van der Waals surface area contributed by atoms with Gasteiger partial charge in [0.2, 0.25) is 0 Å². The zero-order valence-corrected chi connectivity index (χ0v) is 75.1. The number of hydrogen-bond acceptors (Lipinski definition) is 27. The Balaban J connectivity index is 0.000000156. The van der Waals surface area contributed by atoms with Gasteiger partial charge in [0, 0.05) is 115 Å². The number of nitro benzene ring substituents is 2. The summed E-state index contributed by atoms with van der Waals surface area (Å²) >= 11 is 23.4. The summed E-state index contributed by atoms with van der Waals surface area (Å²) in [6.45, 7) is 22.2. The molecule has 8 heterocycles.